The zero-order chi connectivity index (χ0) is 11.3. The van der Waals surface area contributed by atoms with Crippen molar-refractivity contribution in [1.82, 2.24) is 4.90 Å². The van der Waals surface area contributed by atoms with E-state index in [2.05, 4.69) is 25.7 Å². The number of nitrogens with zero attached hydrogens (tertiary/aromatic N) is 1. The van der Waals surface area contributed by atoms with E-state index in [9.17, 15) is 5.11 Å². The molecule has 0 amide bonds. The molecule has 0 radical (unpaired) electrons. The summed E-state index contributed by atoms with van der Waals surface area (Å²) in [6.45, 7) is 10.7. The molecule has 2 atom stereocenters. The Balaban J connectivity index is 2.36. The molecule has 90 valence electrons. The van der Waals surface area contributed by atoms with Crippen molar-refractivity contribution in [3.63, 3.8) is 0 Å². The highest BCUT2D eigenvalue weighted by Crippen LogP contribution is 2.29. The van der Waals surface area contributed by atoms with Crippen LogP contribution in [0.4, 0.5) is 0 Å². The van der Waals surface area contributed by atoms with E-state index in [0.717, 1.165) is 12.5 Å². The Kier molecular flexibility index (Phi) is 5.07. The largest absolute Gasteiger partial charge is 0.396 e. The van der Waals surface area contributed by atoms with Crippen molar-refractivity contribution in [2.45, 2.75) is 46.5 Å². The molecule has 0 aliphatic carbocycles. The molecule has 1 heterocycles. The van der Waals surface area contributed by atoms with Crippen LogP contribution in [0.2, 0.25) is 0 Å². The summed E-state index contributed by atoms with van der Waals surface area (Å²) in [5.74, 6) is 0.802. The van der Waals surface area contributed by atoms with Gasteiger partial charge in [-0.25, -0.2) is 0 Å². The van der Waals surface area contributed by atoms with E-state index in [0.29, 0.717) is 6.61 Å². The summed E-state index contributed by atoms with van der Waals surface area (Å²) in [6.07, 6.45) is 5.04. The van der Waals surface area contributed by atoms with Gasteiger partial charge in [0, 0.05) is 25.1 Å². The molecule has 0 aromatic rings. The molecule has 0 bridgehead atoms. The molecule has 1 fully saturated rings. The summed E-state index contributed by atoms with van der Waals surface area (Å²) in [7, 11) is 0. The predicted molar refractivity (Wildman–Crippen MR) is 64.9 cm³/mol. The van der Waals surface area contributed by atoms with Crippen LogP contribution in [0.25, 0.3) is 0 Å². The van der Waals surface area contributed by atoms with E-state index in [-0.39, 0.29) is 5.41 Å². The lowest BCUT2D eigenvalue weighted by molar-refractivity contribution is 0.0397. The van der Waals surface area contributed by atoms with Crippen LogP contribution < -0.4 is 0 Å². The van der Waals surface area contributed by atoms with Crippen LogP contribution >= 0.6 is 0 Å². The molecule has 2 nitrogen and oxygen atoms in total. The van der Waals surface area contributed by atoms with Gasteiger partial charge in [0.05, 0.1) is 0 Å². The predicted octanol–water partition coefficient (Wildman–Crippen LogP) is 2.52. The van der Waals surface area contributed by atoms with Crippen LogP contribution in [-0.4, -0.2) is 36.2 Å². The molecule has 2 heteroatoms. The molecule has 15 heavy (non-hydrogen) atoms. The van der Waals surface area contributed by atoms with E-state index >= 15 is 0 Å². The molecular formula is C13H27NO. The summed E-state index contributed by atoms with van der Waals surface area (Å²) in [4.78, 5) is 2.54. The second-order valence-electron chi connectivity index (χ2n) is 5.70. The Bertz CT molecular complexity index is 183. The first-order valence-electron chi connectivity index (χ1n) is 6.43. The second-order valence-corrected chi connectivity index (χ2v) is 5.70. The van der Waals surface area contributed by atoms with Crippen LogP contribution in [-0.2, 0) is 0 Å². The number of aliphatic hydroxyl groups is 1. The van der Waals surface area contributed by atoms with Crippen molar-refractivity contribution < 1.29 is 5.11 Å². The van der Waals surface area contributed by atoms with Gasteiger partial charge in [-0.15, -0.1) is 0 Å². The lowest BCUT2D eigenvalue weighted by atomic mass is 9.82. The van der Waals surface area contributed by atoms with Crippen molar-refractivity contribution >= 4 is 0 Å². The third-order valence-corrected chi connectivity index (χ3v) is 3.59. The van der Waals surface area contributed by atoms with Crippen molar-refractivity contribution in [2.75, 3.05) is 26.2 Å². The van der Waals surface area contributed by atoms with Gasteiger partial charge in [-0.05, 0) is 31.7 Å². The molecule has 1 aliphatic rings. The molecule has 0 aromatic heterocycles. The van der Waals surface area contributed by atoms with Gasteiger partial charge in [-0.1, -0.05) is 27.2 Å². The molecule has 0 saturated carbocycles. The quantitative estimate of drug-likeness (QED) is 0.758. The Labute approximate surface area is 94.7 Å². The van der Waals surface area contributed by atoms with Crippen molar-refractivity contribution in [3.05, 3.63) is 0 Å². The van der Waals surface area contributed by atoms with Crippen molar-refractivity contribution in [3.8, 4) is 0 Å². The average Bonchev–Trinajstić information content (AvgIpc) is 2.18. The lowest BCUT2D eigenvalue weighted by Crippen LogP contribution is -2.45. The number of hydrogen-bond acceptors (Lipinski definition) is 2. The van der Waals surface area contributed by atoms with Gasteiger partial charge in [0.1, 0.15) is 0 Å². The Morgan fingerprint density at radius 1 is 1.47 bits per heavy atom. The fourth-order valence-corrected chi connectivity index (χ4v) is 2.74. The van der Waals surface area contributed by atoms with Crippen LogP contribution in [0.15, 0.2) is 0 Å². The summed E-state index contributed by atoms with van der Waals surface area (Å²) >= 11 is 0. The Morgan fingerprint density at radius 2 is 2.20 bits per heavy atom. The molecule has 1 N–H and O–H groups in total. The zero-order valence-corrected chi connectivity index (χ0v) is 10.6. The maximum atomic E-state index is 9.38. The fourth-order valence-electron chi connectivity index (χ4n) is 2.74. The fraction of sp³-hybridized carbons (Fsp3) is 1.00. The van der Waals surface area contributed by atoms with E-state index in [1.54, 1.807) is 0 Å². The van der Waals surface area contributed by atoms with Crippen molar-refractivity contribution in [2.24, 2.45) is 11.3 Å². The Morgan fingerprint density at radius 3 is 2.80 bits per heavy atom. The highest BCUT2D eigenvalue weighted by atomic mass is 16.3. The smallest absolute Gasteiger partial charge is 0.0497 e. The van der Waals surface area contributed by atoms with E-state index in [1.807, 2.05) is 0 Å². The number of hydrogen-bond donors (Lipinski definition) is 1. The van der Waals surface area contributed by atoms with Gasteiger partial charge in [0.2, 0.25) is 0 Å². The van der Waals surface area contributed by atoms with Crippen LogP contribution in [0.3, 0.4) is 0 Å². The first-order chi connectivity index (χ1) is 7.09. The summed E-state index contributed by atoms with van der Waals surface area (Å²) < 4.78 is 0. The van der Waals surface area contributed by atoms with Gasteiger partial charge < -0.3 is 10.0 Å². The third-order valence-electron chi connectivity index (χ3n) is 3.59. The summed E-state index contributed by atoms with van der Waals surface area (Å²) in [6, 6.07) is 0. The topological polar surface area (TPSA) is 23.5 Å². The van der Waals surface area contributed by atoms with E-state index < -0.39 is 0 Å². The molecule has 0 spiro atoms. The number of piperidine rings is 1. The second kappa shape index (κ2) is 5.86. The summed E-state index contributed by atoms with van der Waals surface area (Å²) in [5.41, 5.74) is 0.157. The Hall–Kier alpha value is -0.0800. The van der Waals surface area contributed by atoms with Gasteiger partial charge in [0.25, 0.3) is 0 Å². The molecule has 1 rings (SSSR count). The average molecular weight is 213 g/mol. The maximum absolute atomic E-state index is 9.38. The number of likely N-dealkylation sites (tertiary alicyclic amines) is 1. The van der Waals surface area contributed by atoms with Gasteiger partial charge >= 0.3 is 0 Å². The summed E-state index contributed by atoms with van der Waals surface area (Å²) in [5, 5.41) is 9.38. The molecular weight excluding hydrogens is 186 g/mol. The van der Waals surface area contributed by atoms with Crippen LogP contribution in [0, 0.1) is 11.3 Å². The minimum Gasteiger partial charge on any atom is -0.396 e. The standard InChI is InChI=1S/C13H27NO/c1-4-6-12(2)9-14-8-5-7-13(3,10-14)11-15/h12,15H,4-11H2,1-3H3. The SMILES string of the molecule is CCCC(C)CN1CCCC(C)(CO)C1. The van der Waals surface area contributed by atoms with Crippen molar-refractivity contribution in [1.29, 1.82) is 0 Å². The number of aliphatic hydroxyl groups excluding tert-OH is 1. The minimum absolute atomic E-state index is 0.157. The molecule has 1 saturated heterocycles. The van der Waals surface area contributed by atoms with Crippen LogP contribution in [0.5, 0.6) is 0 Å². The number of rotatable bonds is 5. The molecule has 2 unspecified atom stereocenters. The monoisotopic (exact) mass is 213 g/mol. The van der Waals surface area contributed by atoms with Gasteiger partial charge in [-0.2, -0.15) is 0 Å². The van der Waals surface area contributed by atoms with Crippen LogP contribution in [0.1, 0.15) is 46.5 Å². The van der Waals surface area contributed by atoms with Gasteiger partial charge in [-0.3, -0.25) is 0 Å². The lowest BCUT2D eigenvalue weighted by Gasteiger charge is -2.40. The highest BCUT2D eigenvalue weighted by molar-refractivity contribution is 4.83. The minimum atomic E-state index is 0.157. The maximum Gasteiger partial charge on any atom is 0.0497 e. The van der Waals surface area contributed by atoms with E-state index in [4.69, 9.17) is 0 Å². The third kappa shape index (κ3) is 4.12. The first-order valence-corrected chi connectivity index (χ1v) is 6.43. The zero-order valence-electron chi connectivity index (χ0n) is 10.6. The van der Waals surface area contributed by atoms with E-state index in [1.165, 1.54) is 38.8 Å². The first kappa shape index (κ1) is 13.0. The normalized spacial score (nSPS) is 30.4. The van der Waals surface area contributed by atoms with Gasteiger partial charge in [0.15, 0.2) is 0 Å². The molecule has 0 aromatic carbocycles. The highest BCUT2D eigenvalue weighted by Gasteiger charge is 2.30. The molecule has 1 aliphatic heterocycles.